The fourth-order valence-corrected chi connectivity index (χ4v) is 3.28. The molecular weight excluding hydrogens is 364 g/mol. The van der Waals surface area contributed by atoms with E-state index in [4.69, 9.17) is 16.3 Å². The number of carbonyl (C=O) groups is 2. The number of nitrogens with one attached hydrogen (secondary N) is 1. The van der Waals surface area contributed by atoms with E-state index in [1.54, 1.807) is 24.1 Å². The molecule has 0 bridgehead atoms. The van der Waals surface area contributed by atoms with E-state index in [-0.39, 0.29) is 24.2 Å². The minimum atomic E-state index is -0.291. The van der Waals surface area contributed by atoms with Crippen LogP contribution in [0.3, 0.4) is 0 Å². The highest BCUT2D eigenvalue weighted by Gasteiger charge is 2.33. The Morgan fingerprint density at radius 1 is 1.15 bits per heavy atom. The smallest absolute Gasteiger partial charge is 0.225 e. The van der Waals surface area contributed by atoms with Crippen LogP contribution in [0.25, 0.3) is 0 Å². The zero-order valence-corrected chi connectivity index (χ0v) is 16.0. The molecule has 0 spiro atoms. The van der Waals surface area contributed by atoms with E-state index in [1.165, 1.54) is 0 Å². The average molecular weight is 387 g/mol. The van der Waals surface area contributed by atoms with Gasteiger partial charge in [-0.15, -0.1) is 0 Å². The molecule has 1 heterocycles. The molecule has 1 saturated heterocycles. The van der Waals surface area contributed by atoms with E-state index in [9.17, 15) is 9.59 Å². The highest BCUT2D eigenvalue weighted by molar-refractivity contribution is 6.30. The molecule has 1 aliphatic heterocycles. The summed E-state index contributed by atoms with van der Waals surface area (Å²) in [7, 11) is 1.63. The third-order valence-electron chi connectivity index (χ3n) is 4.79. The molecule has 2 aromatic carbocycles. The van der Waals surface area contributed by atoms with E-state index < -0.39 is 0 Å². The number of nitrogens with zero attached hydrogens (tertiary/aromatic N) is 1. The first-order valence-electron chi connectivity index (χ1n) is 8.98. The molecular formula is C21H23ClN2O3. The highest BCUT2D eigenvalue weighted by Crippen LogP contribution is 2.19. The molecule has 1 aliphatic rings. The van der Waals surface area contributed by atoms with Crippen LogP contribution in [0.2, 0.25) is 5.02 Å². The van der Waals surface area contributed by atoms with Gasteiger partial charge in [0.1, 0.15) is 5.75 Å². The number of benzene rings is 2. The standard InChI is InChI=1S/C21H23ClN2O3/c1-27-19-8-4-15(5-9-19)10-11-24-14-17(12-20(24)25)21(26)23-13-16-2-6-18(22)7-3-16/h2-9,17H,10-14H2,1H3,(H,23,26). The van der Waals surface area contributed by atoms with Crippen molar-refractivity contribution < 1.29 is 14.3 Å². The summed E-state index contributed by atoms with van der Waals surface area (Å²) in [6.07, 6.45) is 1.03. The van der Waals surface area contributed by atoms with Crippen LogP contribution < -0.4 is 10.1 Å². The summed E-state index contributed by atoms with van der Waals surface area (Å²) < 4.78 is 5.15. The van der Waals surface area contributed by atoms with Crippen LogP contribution in [0, 0.1) is 5.92 Å². The predicted octanol–water partition coefficient (Wildman–Crippen LogP) is 3.06. The Bertz CT molecular complexity index is 790. The Labute approximate surface area is 164 Å². The molecule has 1 fully saturated rings. The topological polar surface area (TPSA) is 58.6 Å². The lowest BCUT2D eigenvalue weighted by Crippen LogP contribution is -2.33. The number of hydrogen-bond donors (Lipinski definition) is 1. The van der Waals surface area contributed by atoms with Gasteiger partial charge in [-0.2, -0.15) is 0 Å². The molecule has 2 amide bonds. The second-order valence-electron chi connectivity index (χ2n) is 6.68. The largest absolute Gasteiger partial charge is 0.497 e. The molecule has 0 aliphatic carbocycles. The van der Waals surface area contributed by atoms with Gasteiger partial charge in [0.15, 0.2) is 0 Å². The fourth-order valence-electron chi connectivity index (χ4n) is 3.16. The Balaban J connectivity index is 1.47. The first kappa shape index (κ1) is 19.2. The first-order chi connectivity index (χ1) is 13.0. The molecule has 5 nitrogen and oxygen atoms in total. The van der Waals surface area contributed by atoms with Gasteiger partial charge in [-0.25, -0.2) is 0 Å². The van der Waals surface area contributed by atoms with Crippen LogP contribution in [-0.2, 0) is 22.6 Å². The normalized spacial score (nSPS) is 16.4. The highest BCUT2D eigenvalue weighted by atomic mass is 35.5. The third-order valence-corrected chi connectivity index (χ3v) is 5.05. The number of likely N-dealkylation sites (tertiary alicyclic amines) is 1. The van der Waals surface area contributed by atoms with Crippen molar-refractivity contribution >= 4 is 23.4 Å². The van der Waals surface area contributed by atoms with E-state index in [1.807, 2.05) is 36.4 Å². The van der Waals surface area contributed by atoms with Crippen LogP contribution in [0.4, 0.5) is 0 Å². The van der Waals surface area contributed by atoms with E-state index >= 15 is 0 Å². The van der Waals surface area contributed by atoms with Gasteiger partial charge in [0.05, 0.1) is 13.0 Å². The number of rotatable bonds is 7. The lowest BCUT2D eigenvalue weighted by molar-refractivity contribution is -0.129. The summed E-state index contributed by atoms with van der Waals surface area (Å²) in [5.74, 6) is 0.481. The summed E-state index contributed by atoms with van der Waals surface area (Å²) in [5.41, 5.74) is 2.12. The second kappa shape index (κ2) is 8.91. The molecule has 27 heavy (non-hydrogen) atoms. The minimum Gasteiger partial charge on any atom is -0.497 e. The SMILES string of the molecule is COc1ccc(CCN2CC(C(=O)NCc3ccc(Cl)cc3)CC2=O)cc1. The number of methoxy groups -OCH3 is 1. The summed E-state index contributed by atoms with van der Waals surface area (Å²) in [4.78, 5) is 26.4. The van der Waals surface area contributed by atoms with Gasteiger partial charge < -0.3 is 15.0 Å². The lowest BCUT2D eigenvalue weighted by atomic mass is 10.1. The molecule has 142 valence electrons. The summed E-state index contributed by atoms with van der Waals surface area (Å²) in [5, 5.41) is 3.58. The first-order valence-corrected chi connectivity index (χ1v) is 9.36. The number of amides is 2. The van der Waals surface area contributed by atoms with Gasteiger partial charge in [0, 0.05) is 31.1 Å². The van der Waals surface area contributed by atoms with E-state index in [2.05, 4.69) is 5.32 Å². The average Bonchev–Trinajstić information content (AvgIpc) is 3.07. The van der Waals surface area contributed by atoms with Crippen LogP contribution >= 0.6 is 11.6 Å². The van der Waals surface area contributed by atoms with Gasteiger partial charge in [-0.05, 0) is 41.8 Å². The molecule has 0 radical (unpaired) electrons. The van der Waals surface area contributed by atoms with Gasteiger partial charge >= 0.3 is 0 Å². The number of halogens is 1. The number of ether oxygens (including phenoxy) is 1. The predicted molar refractivity (Wildman–Crippen MR) is 105 cm³/mol. The van der Waals surface area contributed by atoms with Gasteiger partial charge in [-0.3, -0.25) is 9.59 Å². The van der Waals surface area contributed by atoms with Crippen molar-refractivity contribution in [1.29, 1.82) is 0 Å². The van der Waals surface area contributed by atoms with Gasteiger partial charge in [0.25, 0.3) is 0 Å². The maximum absolute atomic E-state index is 12.4. The van der Waals surface area contributed by atoms with Crippen molar-refractivity contribution in [3.63, 3.8) is 0 Å². The molecule has 1 atom stereocenters. The van der Waals surface area contributed by atoms with Crippen molar-refractivity contribution in [2.45, 2.75) is 19.4 Å². The molecule has 1 N–H and O–H groups in total. The second-order valence-corrected chi connectivity index (χ2v) is 7.12. The molecule has 0 aromatic heterocycles. The fraction of sp³-hybridized carbons (Fsp3) is 0.333. The van der Waals surface area contributed by atoms with Crippen molar-refractivity contribution in [1.82, 2.24) is 10.2 Å². The van der Waals surface area contributed by atoms with E-state index in [0.717, 1.165) is 23.3 Å². The minimum absolute atomic E-state index is 0.0372. The Morgan fingerprint density at radius 3 is 2.48 bits per heavy atom. The number of hydrogen-bond acceptors (Lipinski definition) is 3. The summed E-state index contributed by atoms with van der Waals surface area (Å²) in [6, 6.07) is 15.2. The monoisotopic (exact) mass is 386 g/mol. The van der Waals surface area contributed by atoms with Crippen molar-refractivity contribution in [2.75, 3.05) is 20.2 Å². The molecule has 3 rings (SSSR count). The van der Waals surface area contributed by atoms with Crippen molar-refractivity contribution in [2.24, 2.45) is 5.92 Å². The van der Waals surface area contributed by atoms with Crippen molar-refractivity contribution in [3.05, 3.63) is 64.7 Å². The Hall–Kier alpha value is -2.53. The zero-order chi connectivity index (χ0) is 19.2. The van der Waals surface area contributed by atoms with Gasteiger partial charge in [0.2, 0.25) is 11.8 Å². The molecule has 1 unspecified atom stereocenters. The Kier molecular flexibility index (Phi) is 6.35. The van der Waals surface area contributed by atoms with Crippen molar-refractivity contribution in [3.8, 4) is 5.75 Å². The molecule has 0 saturated carbocycles. The summed E-state index contributed by atoms with van der Waals surface area (Å²) in [6.45, 7) is 1.53. The van der Waals surface area contributed by atoms with Crippen LogP contribution in [0.15, 0.2) is 48.5 Å². The zero-order valence-electron chi connectivity index (χ0n) is 15.3. The quantitative estimate of drug-likeness (QED) is 0.795. The maximum Gasteiger partial charge on any atom is 0.225 e. The molecule has 2 aromatic rings. The van der Waals surface area contributed by atoms with Crippen LogP contribution in [0.1, 0.15) is 17.5 Å². The third kappa shape index (κ3) is 5.23. The summed E-state index contributed by atoms with van der Waals surface area (Å²) >= 11 is 5.86. The van der Waals surface area contributed by atoms with E-state index in [0.29, 0.717) is 24.7 Å². The maximum atomic E-state index is 12.4. The Morgan fingerprint density at radius 2 is 1.81 bits per heavy atom. The van der Waals surface area contributed by atoms with Crippen LogP contribution in [-0.4, -0.2) is 36.9 Å². The number of carbonyl (C=O) groups excluding carboxylic acids is 2. The lowest BCUT2D eigenvalue weighted by Gasteiger charge is -2.16. The van der Waals surface area contributed by atoms with Gasteiger partial charge in [-0.1, -0.05) is 35.9 Å². The van der Waals surface area contributed by atoms with Crippen LogP contribution in [0.5, 0.6) is 5.75 Å². The molecule has 6 heteroatoms.